The predicted molar refractivity (Wildman–Crippen MR) is 73.5 cm³/mol. The van der Waals surface area contributed by atoms with Gasteiger partial charge in [0.1, 0.15) is 16.5 Å². The van der Waals surface area contributed by atoms with Crippen LogP contribution in [0.4, 0.5) is 4.39 Å². The third-order valence-electron chi connectivity index (χ3n) is 2.88. The van der Waals surface area contributed by atoms with E-state index in [4.69, 9.17) is 0 Å². The van der Waals surface area contributed by atoms with Crippen LogP contribution < -0.4 is 0 Å². The molecule has 0 aliphatic carbocycles. The summed E-state index contributed by atoms with van der Waals surface area (Å²) in [6, 6.07) is 4.78. The quantitative estimate of drug-likeness (QED) is 0.712. The maximum absolute atomic E-state index is 14.0. The van der Waals surface area contributed by atoms with Crippen molar-refractivity contribution < 1.29 is 4.39 Å². The number of benzene rings is 1. The molecule has 3 aromatic rings. The summed E-state index contributed by atoms with van der Waals surface area (Å²) in [6.45, 7) is 4.15. The van der Waals surface area contributed by atoms with Gasteiger partial charge in [-0.05, 0) is 18.1 Å². The summed E-state index contributed by atoms with van der Waals surface area (Å²) in [7, 11) is 0. The van der Waals surface area contributed by atoms with Gasteiger partial charge < -0.3 is 0 Å². The van der Waals surface area contributed by atoms with Gasteiger partial charge in [-0.2, -0.15) is 0 Å². The summed E-state index contributed by atoms with van der Waals surface area (Å²) < 4.78 is 14.0. The summed E-state index contributed by atoms with van der Waals surface area (Å²) in [5, 5.41) is 3.10. The molecule has 0 saturated carbocycles. The Labute approximate surface area is 114 Å². The van der Waals surface area contributed by atoms with Gasteiger partial charge >= 0.3 is 0 Å². The molecule has 0 atom stereocenters. The minimum atomic E-state index is -0.331. The molecule has 0 N–H and O–H groups in total. The fourth-order valence-corrected chi connectivity index (χ4v) is 2.81. The third-order valence-corrected chi connectivity index (χ3v) is 3.74. The normalized spacial score (nSPS) is 11.4. The van der Waals surface area contributed by atoms with E-state index in [9.17, 15) is 4.39 Å². The van der Waals surface area contributed by atoms with Crippen LogP contribution >= 0.6 is 11.3 Å². The van der Waals surface area contributed by atoms with Crippen LogP contribution in [0.3, 0.4) is 0 Å². The molecular formula is C14H11FN3S. The Balaban J connectivity index is 2.24. The van der Waals surface area contributed by atoms with Gasteiger partial charge in [-0.25, -0.2) is 19.3 Å². The Morgan fingerprint density at radius 1 is 1.26 bits per heavy atom. The molecule has 19 heavy (non-hydrogen) atoms. The van der Waals surface area contributed by atoms with Crippen LogP contribution in [-0.2, 0) is 0 Å². The van der Waals surface area contributed by atoms with Crippen molar-refractivity contribution in [2.75, 3.05) is 0 Å². The maximum atomic E-state index is 14.0. The van der Waals surface area contributed by atoms with Crippen LogP contribution in [0.1, 0.15) is 25.5 Å². The molecule has 0 aliphatic heterocycles. The standard InChI is InChI=1S/C14H11FN3S/c1-8(2)11-6-19-14(18-11)13-12-9(15)4-3-5-10(12)16-7-17-13/h3-6,8H,1-2H3. The van der Waals surface area contributed by atoms with Crippen molar-refractivity contribution >= 4 is 22.2 Å². The van der Waals surface area contributed by atoms with E-state index in [2.05, 4.69) is 35.1 Å². The lowest BCUT2D eigenvalue weighted by molar-refractivity contribution is 0.639. The van der Waals surface area contributed by atoms with Crippen LogP contribution in [0.5, 0.6) is 0 Å². The highest BCUT2D eigenvalue weighted by molar-refractivity contribution is 7.13. The van der Waals surface area contributed by atoms with E-state index in [1.165, 1.54) is 17.4 Å². The van der Waals surface area contributed by atoms with E-state index in [0.717, 1.165) is 5.69 Å². The van der Waals surface area contributed by atoms with Crippen LogP contribution in [0.25, 0.3) is 21.6 Å². The van der Waals surface area contributed by atoms with E-state index in [-0.39, 0.29) is 5.82 Å². The zero-order valence-corrected chi connectivity index (χ0v) is 11.3. The SMILES string of the molecule is CC(C)c1csc(-c2n[c]nc3cccc(F)c23)n1. The van der Waals surface area contributed by atoms with Crippen molar-refractivity contribution in [3.63, 3.8) is 0 Å². The lowest BCUT2D eigenvalue weighted by Crippen LogP contribution is -1.93. The van der Waals surface area contributed by atoms with Crippen LogP contribution in [0.2, 0.25) is 0 Å². The van der Waals surface area contributed by atoms with Crippen molar-refractivity contribution in [2.45, 2.75) is 19.8 Å². The average molecular weight is 272 g/mol. The highest BCUT2D eigenvalue weighted by atomic mass is 32.1. The third kappa shape index (κ3) is 2.10. The predicted octanol–water partition coefficient (Wildman–Crippen LogP) is 3.82. The molecule has 0 spiro atoms. The monoisotopic (exact) mass is 272 g/mol. The highest BCUT2D eigenvalue weighted by Crippen LogP contribution is 2.31. The smallest absolute Gasteiger partial charge is 0.199 e. The van der Waals surface area contributed by atoms with E-state index in [1.54, 1.807) is 12.1 Å². The summed E-state index contributed by atoms with van der Waals surface area (Å²) in [5.41, 5.74) is 2.05. The lowest BCUT2D eigenvalue weighted by atomic mass is 10.1. The number of halogens is 1. The molecule has 1 radical (unpaired) electrons. The van der Waals surface area contributed by atoms with Crippen LogP contribution in [0, 0.1) is 12.1 Å². The Bertz CT molecular complexity index is 731. The topological polar surface area (TPSA) is 38.7 Å². The van der Waals surface area contributed by atoms with Gasteiger partial charge in [0.15, 0.2) is 6.33 Å². The van der Waals surface area contributed by atoms with E-state index < -0.39 is 0 Å². The molecule has 0 fully saturated rings. The molecule has 0 unspecified atom stereocenters. The van der Waals surface area contributed by atoms with Gasteiger partial charge in [-0.1, -0.05) is 19.9 Å². The number of hydrogen-bond acceptors (Lipinski definition) is 4. The Kier molecular flexibility index (Phi) is 2.98. The van der Waals surface area contributed by atoms with Crippen molar-refractivity contribution in [1.29, 1.82) is 0 Å². The summed E-state index contributed by atoms with van der Waals surface area (Å²) >= 11 is 1.47. The second-order valence-corrected chi connectivity index (χ2v) is 5.40. The largest absolute Gasteiger partial charge is 0.239 e. The summed E-state index contributed by atoms with van der Waals surface area (Å²) in [5.74, 6) is 0.00900. The minimum absolute atomic E-state index is 0.331. The first-order valence-corrected chi connectivity index (χ1v) is 6.83. The van der Waals surface area contributed by atoms with Gasteiger partial charge in [0.05, 0.1) is 16.6 Å². The number of thiazole rings is 1. The van der Waals surface area contributed by atoms with Crippen molar-refractivity contribution in [2.24, 2.45) is 0 Å². The second kappa shape index (κ2) is 4.66. The number of rotatable bonds is 2. The Morgan fingerprint density at radius 2 is 2.11 bits per heavy atom. The lowest BCUT2D eigenvalue weighted by Gasteiger charge is -2.02. The van der Waals surface area contributed by atoms with Crippen LogP contribution in [-0.4, -0.2) is 15.0 Å². The zero-order chi connectivity index (χ0) is 13.4. The summed E-state index contributed by atoms with van der Waals surface area (Å²) in [6.07, 6.45) is 2.57. The summed E-state index contributed by atoms with van der Waals surface area (Å²) in [4.78, 5) is 12.6. The Morgan fingerprint density at radius 3 is 2.84 bits per heavy atom. The first kappa shape index (κ1) is 12.2. The molecule has 3 rings (SSSR count). The van der Waals surface area contributed by atoms with Crippen LogP contribution in [0.15, 0.2) is 23.6 Å². The molecule has 5 heteroatoms. The molecule has 95 valence electrons. The molecule has 2 aromatic heterocycles. The second-order valence-electron chi connectivity index (χ2n) is 4.54. The van der Waals surface area contributed by atoms with Crippen molar-refractivity contribution in [3.8, 4) is 10.7 Å². The molecule has 1 aromatic carbocycles. The van der Waals surface area contributed by atoms with Crippen molar-refractivity contribution in [3.05, 3.63) is 41.4 Å². The number of hydrogen-bond donors (Lipinski definition) is 0. The van der Waals surface area contributed by atoms with Gasteiger partial charge in [0, 0.05) is 5.38 Å². The van der Waals surface area contributed by atoms with Gasteiger partial charge in [0.2, 0.25) is 0 Å². The molecule has 0 aliphatic rings. The van der Waals surface area contributed by atoms with Gasteiger partial charge in [-0.15, -0.1) is 11.3 Å². The molecule has 0 bridgehead atoms. The maximum Gasteiger partial charge on any atom is 0.199 e. The van der Waals surface area contributed by atoms with E-state index in [1.807, 2.05) is 5.38 Å². The van der Waals surface area contributed by atoms with E-state index >= 15 is 0 Å². The van der Waals surface area contributed by atoms with Gasteiger partial charge in [-0.3, -0.25) is 0 Å². The van der Waals surface area contributed by atoms with Crippen molar-refractivity contribution in [1.82, 2.24) is 15.0 Å². The molecule has 2 heterocycles. The molecule has 3 nitrogen and oxygen atoms in total. The fraction of sp³-hybridized carbons (Fsp3) is 0.214. The zero-order valence-electron chi connectivity index (χ0n) is 10.5. The highest BCUT2D eigenvalue weighted by Gasteiger charge is 2.15. The number of fused-ring (bicyclic) bond motifs is 1. The Hall–Kier alpha value is -1.88. The number of aromatic nitrogens is 3. The molecular weight excluding hydrogens is 261 g/mol. The number of nitrogens with zero attached hydrogens (tertiary/aromatic N) is 3. The average Bonchev–Trinajstić information content (AvgIpc) is 2.88. The molecule has 0 saturated heterocycles. The minimum Gasteiger partial charge on any atom is -0.239 e. The fourth-order valence-electron chi connectivity index (χ4n) is 1.84. The first-order valence-electron chi connectivity index (χ1n) is 5.95. The van der Waals surface area contributed by atoms with E-state index in [0.29, 0.717) is 27.5 Å². The van der Waals surface area contributed by atoms with Gasteiger partial charge in [0.25, 0.3) is 0 Å². The first-order chi connectivity index (χ1) is 9.16. The molecule has 0 amide bonds.